The first-order valence-corrected chi connectivity index (χ1v) is 7.33. The summed E-state index contributed by atoms with van der Waals surface area (Å²) in [6.07, 6.45) is 1.55. The van der Waals surface area contributed by atoms with E-state index in [1.165, 1.54) is 37.4 Å². The zero-order valence-corrected chi connectivity index (χ0v) is 11.9. The first-order chi connectivity index (χ1) is 9.90. The number of rotatable bonds is 4. The maximum atomic E-state index is 10.9. The Morgan fingerprint density at radius 3 is 2.38 bits per heavy atom. The first kappa shape index (κ1) is 15.0. The fourth-order valence-electron chi connectivity index (χ4n) is 1.63. The van der Waals surface area contributed by atoms with Gasteiger partial charge in [-0.2, -0.15) is 8.42 Å². The highest BCUT2D eigenvalue weighted by Crippen LogP contribution is 2.26. The minimum absolute atomic E-state index is 0.0344. The average molecular weight is 307 g/mol. The molecule has 0 atom stereocenters. The second kappa shape index (κ2) is 5.94. The van der Waals surface area contributed by atoms with Crippen molar-refractivity contribution >= 4 is 22.0 Å². The summed E-state index contributed by atoms with van der Waals surface area (Å²) in [5, 5.41) is 9.48. The van der Waals surface area contributed by atoms with Crippen LogP contribution in [0.2, 0.25) is 0 Å². The molecular weight excluding hydrogens is 294 g/mol. The van der Waals surface area contributed by atoms with Crippen molar-refractivity contribution in [3.8, 4) is 11.5 Å². The number of hydrogen-bond donors (Lipinski definition) is 2. The highest BCUT2D eigenvalue weighted by atomic mass is 32.2. The van der Waals surface area contributed by atoms with E-state index in [0.717, 1.165) is 0 Å². The molecular formula is C14H13NO5S. The lowest BCUT2D eigenvalue weighted by Gasteiger charge is -2.03. The Bertz CT molecular complexity index is 766. The van der Waals surface area contributed by atoms with E-state index in [4.69, 9.17) is 9.29 Å². The van der Waals surface area contributed by atoms with Gasteiger partial charge in [-0.1, -0.05) is 0 Å². The van der Waals surface area contributed by atoms with E-state index in [1.807, 2.05) is 0 Å². The summed E-state index contributed by atoms with van der Waals surface area (Å²) < 4.78 is 35.7. The van der Waals surface area contributed by atoms with Gasteiger partial charge in [0.25, 0.3) is 10.1 Å². The first-order valence-electron chi connectivity index (χ1n) is 5.89. The Morgan fingerprint density at radius 2 is 1.81 bits per heavy atom. The van der Waals surface area contributed by atoms with Crippen LogP contribution in [0.25, 0.3) is 0 Å². The molecule has 2 N–H and O–H groups in total. The van der Waals surface area contributed by atoms with Crippen molar-refractivity contribution in [2.45, 2.75) is 4.90 Å². The summed E-state index contributed by atoms with van der Waals surface area (Å²) in [7, 11) is -2.75. The van der Waals surface area contributed by atoms with Crippen LogP contribution in [-0.2, 0) is 10.1 Å². The van der Waals surface area contributed by atoms with Gasteiger partial charge in [0.05, 0.1) is 17.7 Å². The Labute approximate surface area is 122 Å². The zero-order valence-electron chi connectivity index (χ0n) is 11.1. The predicted molar refractivity (Wildman–Crippen MR) is 78.2 cm³/mol. The molecule has 0 unspecified atom stereocenters. The maximum absolute atomic E-state index is 10.9. The Balaban J connectivity index is 2.21. The summed E-state index contributed by atoms with van der Waals surface area (Å²) in [6.45, 7) is 0. The van der Waals surface area contributed by atoms with Crippen molar-refractivity contribution in [3.63, 3.8) is 0 Å². The number of hydrogen-bond acceptors (Lipinski definition) is 5. The van der Waals surface area contributed by atoms with E-state index in [-0.39, 0.29) is 10.6 Å². The molecule has 0 radical (unpaired) electrons. The molecule has 2 aromatic carbocycles. The number of ether oxygens (including phenoxy) is 1. The van der Waals surface area contributed by atoms with Crippen LogP contribution in [0.5, 0.6) is 11.5 Å². The highest BCUT2D eigenvalue weighted by molar-refractivity contribution is 7.85. The van der Waals surface area contributed by atoms with Crippen LogP contribution in [0.15, 0.2) is 52.4 Å². The molecule has 0 aliphatic heterocycles. The summed E-state index contributed by atoms with van der Waals surface area (Å²) in [5.41, 5.74) is 1.23. The maximum Gasteiger partial charge on any atom is 0.294 e. The topological polar surface area (TPSA) is 96.2 Å². The molecule has 0 saturated carbocycles. The van der Waals surface area contributed by atoms with Gasteiger partial charge < -0.3 is 9.84 Å². The zero-order chi connectivity index (χ0) is 15.5. The van der Waals surface area contributed by atoms with Gasteiger partial charge in [-0.25, -0.2) is 0 Å². The molecule has 0 amide bonds. The fourth-order valence-corrected chi connectivity index (χ4v) is 2.11. The van der Waals surface area contributed by atoms with Crippen LogP contribution in [-0.4, -0.2) is 31.4 Å². The summed E-state index contributed by atoms with van der Waals surface area (Å²) in [4.78, 5) is 3.98. The molecule has 0 saturated heterocycles. The highest BCUT2D eigenvalue weighted by Gasteiger charge is 2.07. The molecule has 0 spiro atoms. The van der Waals surface area contributed by atoms with Crippen LogP contribution in [0.3, 0.4) is 0 Å². The number of nitrogens with zero attached hydrogens (tertiary/aromatic N) is 1. The second-order valence-corrected chi connectivity index (χ2v) is 5.58. The third kappa shape index (κ3) is 3.80. The smallest absolute Gasteiger partial charge is 0.294 e. The van der Waals surface area contributed by atoms with Crippen molar-refractivity contribution in [2.24, 2.45) is 4.99 Å². The second-order valence-electron chi connectivity index (χ2n) is 4.16. The van der Waals surface area contributed by atoms with Gasteiger partial charge in [-0.3, -0.25) is 9.55 Å². The Morgan fingerprint density at radius 1 is 1.14 bits per heavy atom. The molecule has 0 fully saturated rings. The number of aromatic hydroxyl groups is 1. The quantitative estimate of drug-likeness (QED) is 0.668. The van der Waals surface area contributed by atoms with Crippen LogP contribution < -0.4 is 4.74 Å². The van der Waals surface area contributed by atoms with Crippen LogP contribution in [0.1, 0.15) is 5.56 Å². The molecule has 2 aromatic rings. The number of phenolic OH excluding ortho intramolecular Hbond substituents is 1. The molecule has 7 heteroatoms. The Kier molecular flexibility index (Phi) is 4.25. The molecule has 6 nitrogen and oxygen atoms in total. The molecule has 110 valence electrons. The predicted octanol–water partition coefficient (Wildman–Crippen LogP) is 2.40. The van der Waals surface area contributed by atoms with Gasteiger partial charge in [0.15, 0.2) is 11.5 Å². The van der Waals surface area contributed by atoms with E-state index in [2.05, 4.69) is 4.99 Å². The molecule has 2 rings (SSSR count). The minimum atomic E-state index is -4.20. The van der Waals surface area contributed by atoms with Gasteiger partial charge in [-0.15, -0.1) is 0 Å². The van der Waals surface area contributed by atoms with Crippen LogP contribution in [0.4, 0.5) is 5.69 Å². The normalized spacial score (nSPS) is 11.7. The summed E-state index contributed by atoms with van der Waals surface area (Å²) in [6, 6.07) is 10.2. The van der Waals surface area contributed by atoms with Gasteiger partial charge in [0.1, 0.15) is 0 Å². The molecule has 21 heavy (non-hydrogen) atoms. The summed E-state index contributed by atoms with van der Waals surface area (Å²) >= 11 is 0. The van der Waals surface area contributed by atoms with Crippen molar-refractivity contribution < 1.29 is 22.8 Å². The van der Waals surface area contributed by atoms with E-state index in [9.17, 15) is 13.5 Å². The van der Waals surface area contributed by atoms with E-state index in [1.54, 1.807) is 18.3 Å². The molecule has 0 aromatic heterocycles. The molecule has 0 aliphatic carbocycles. The van der Waals surface area contributed by atoms with Crippen LogP contribution >= 0.6 is 0 Å². The third-order valence-corrected chi connectivity index (χ3v) is 3.57. The van der Waals surface area contributed by atoms with Gasteiger partial charge in [0.2, 0.25) is 0 Å². The number of aliphatic imine (C=N–C) groups is 1. The lowest BCUT2D eigenvalue weighted by Crippen LogP contribution is -1.96. The molecule has 0 aliphatic rings. The van der Waals surface area contributed by atoms with Gasteiger partial charge in [0, 0.05) is 6.21 Å². The van der Waals surface area contributed by atoms with Crippen molar-refractivity contribution in [3.05, 3.63) is 48.0 Å². The standard InChI is InChI=1S/C14H13NO5S/c1-20-14-8-10(2-7-13(14)16)9-15-11-3-5-12(6-4-11)21(17,18)19/h2-9,16H,1H3,(H,17,18,19). The van der Waals surface area contributed by atoms with Crippen molar-refractivity contribution in [1.29, 1.82) is 0 Å². The largest absolute Gasteiger partial charge is 0.504 e. The van der Waals surface area contributed by atoms with Crippen molar-refractivity contribution in [1.82, 2.24) is 0 Å². The number of methoxy groups -OCH3 is 1. The monoisotopic (exact) mass is 307 g/mol. The summed E-state index contributed by atoms with van der Waals surface area (Å²) in [5.74, 6) is 0.368. The van der Waals surface area contributed by atoms with Crippen molar-refractivity contribution in [2.75, 3.05) is 7.11 Å². The molecule has 0 heterocycles. The number of benzene rings is 2. The minimum Gasteiger partial charge on any atom is -0.504 e. The van der Waals surface area contributed by atoms with E-state index >= 15 is 0 Å². The molecule has 0 bridgehead atoms. The average Bonchev–Trinajstić information content (AvgIpc) is 2.46. The lowest BCUT2D eigenvalue weighted by atomic mass is 10.2. The van der Waals surface area contributed by atoms with E-state index < -0.39 is 10.1 Å². The fraction of sp³-hybridized carbons (Fsp3) is 0.0714. The van der Waals surface area contributed by atoms with Crippen LogP contribution in [0, 0.1) is 0 Å². The van der Waals surface area contributed by atoms with Gasteiger partial charge in [-0.05, 0) is 48.0 Å². The van der Waals surface area contributed by atoms with E-state index in [0.29, 0.717) is 17.0 Å². The Hall–Kier alpha value is -2.38. The SMILES string of the molecule is COc1cc(C=Nc2ccc(S(=O)(=O)O)cc2)ccc1O. The lowest BCUT2D eigenvalue weighted by molar-refractivity contribution is 0.373. The third-order valence-electron chi connectivity index (χ3n) is 2.70. The number of phenols is 1. The van der Waals surface area contributed by atoms with Gasteiger partial charge >= 0.3 is 0 Å².